The Morgan fingerprint density at radius 3 is 1.11 bits per heavy atom. The molecule has 2 aliphatic rings. The van der Waals surface area contributed by atoms with E-state index in [4.69, 9.17) is 0 Å². The molecular formula is C72H54F2N2. The first-order chi connectivity index (χ1) is 36.9. The highest BCUT2D eigenvalue weighted by Gasteiger charge is 2.39. The van der Waals surface area contributed by atoms with Crippen molar-refractivity contribution in [1.82, 2.24) is 0 Å². The standard InChI is InChI=1S/C72H54F2N2/c1-43-25-27-49(45-17-9-7-10-18-45)37-65(43)75(67-39-55-51-21-13-15-23-57(51)71(3,4)59(55)41-61(67)73)63-35-31-47-30-34-54-64(36-32-48-29-33-53(63)69(47)70(48)54)76(66-38-50(28-26-44(66)2)46-19-11-8-12-20-46)68-40-56-52-22-14-16-24-58(52)72(5,6)60(56)42-62(68)74/h7-42H,1-6H3. The molecule has 0 fully saturated rings. The van der Waals surface area contributed by atoms with Gasteiger partial charge in [0.25, 0.3) is 0 Å². The van der Waals surface area contributed by atoms with Crippen LogP contribution >= 0.6 is 0 Å². The largest absolute Gasteiger partial charge is 0.307 e. The van der Waals surface area contributed by atoms with Crippen molar-refractivity contribution >= 4 is 66.4 Å². The molecule has 14 rings (SSSR count). The number of hydrogen-bond acceptors (Lipinski definition) is 2. The molecule has 2 nitrogen and oxygen atoms in total. The monoisotopic (exact) mass is 984 g/mol. The second-order valence-electron chi connectivity index (χ2n) is 22.0. The van der Waals surface area contributed by atoms with Crippen molar-refractivity contribution in [2.45, 2.75) is 52.4 Å². The third-order valence-electron chi connectivity index (χ3n) is 17.0. The van der Waals surface area contributed by atoms with Crippen LogP contribution in [0.1, 0.15) is 61.1 Å². The molecule has 0 aromatic heterocycles. The van der Waals surface area contributed by atoms with Gasteiger partial charge in [-0.05, 0) is 162 Å². The zero-order valence-electron chi connectivity index (χ0n) is 43.4. The summed E-state index contributed by atoms with van der Waals surface area (Å²) in [6, 6.07) is 76.0. The van der Waals surface area contributed by atoms with Crippen molar-refractivity contribution in [2.24, 2.45) is 0 Å². The molecule has 0 spiro atoms. The first-order valence-electron chi connectivity index (χ1n) is 26.4. The molecular weight excluding hydrogens is 931 g/mol. The first-order valence-corrected chi connectivity index (χ1v) is 26.4. The Bertz CT molecular complexity index is 4060. The quantitative estimate of drug-likeness (QED) is 0.140. The minimum absolute atomic E-state index is 0.289. The summed E-state index contributed by atoms with van der Waals surface area (Å²) in [6.45, 7) is 13.0. The molecule has 366 valence electrons. The van der Waals surface area contributed by atoms with Gasteiger partial charge in [0.15, 0.2) is 0 Å². The molecule has 0 unspecified atom stereocenters. The minimum atomic E-state index is -0.372. The lowest BCUT2D eigenvalue weighted by molar-refractivity contribution is 0.610. The number of aryl methyl sites for hydroxylation is 2. The van der Waals surface area contributed by atoms with Crippen LogP contribution in [0.5, 0.6) is 0 Å². The third kappa shape index (κ3) is 6.76. The molecule has 2 aliphatic carbocycles. The number of rotatable bonds is 8. The van der Waals surface area contributed by atoms with E-state index in [2.05, 4.69) is 245 Å². The van der Waals surface area contributed by atoms with Gasteiger partial charge >= 0.3 is 0 Å². The zero-order valence-corrected chi connectivity index (χ0v) is 43.4. The van der Waals surface area contributed by atoms with Crippen LogP contribution in [0.4, 0.5) is 42.9 Å². The van der Waals surface area contributed by atoms with Gasteiger partial charge in [-0.1, -0.05) is 198 Å². The van der Waals surface area contributed by atoms with Crippen LogP contribution < -0.4 is 9.80 Å². The maximum atomic E-state index is 17.8. The molecule has 12 aromatic rings. The van der Waals surface area contributed by atoms with Crippen molar-refractivity contribution in [3.05, 3.63) is 263 Å². The summed E-state index contributed by atoms with van der Waals surface area (Å²) in [5.74, 6) is -0.577. The SMILES string of the molecule is Cc1ccc(-c2ccccc2)cc1N(c1cc2c(cc1F)C(C)(C)c1ccccc1-2)c1ccc2ccc3c(N(c4cc(-c5ccccc5)ccc4C)c4cc5c(cc4F)C(C)(C)c4ccccc4-5)ccc4ccc1c2c43. The summed E-state index contributed by atoms with van der Waals surface area (Å²) in [4.78, 5) is 4.31. The summed E-state index contributed by atoms with van der Waals surface area (Å²) in [5, 5.41) is 6.20. The maximum absolute atomic E-state index is 17.8. The molecule has 4 heteroatoms. The number of nitrogens with zero attached hydrogens (tertiary/aromatic N) is 2. The van der Waals surface area contributed by atoms with Gasteiger partial charge in [0.05, 0.1) is 22.7 Å². The van der Waals surface area contributed by atoms with Gasteiger partial charge < -0.3 is 9.80 Å². The molecule has 0 amide bonds. The molecule has 0 heterocycles. The van der Waals surface area contributed by atoms with Crippen molar-refractivity contribution in [1.29, 1.82) is 0 Å². The predicted octanol–water partition coefficient (Wildman–Crippen LogP) is 20.4. The van der Waals surface area contributed by atoms with E-state index in [0.717, 1.165) is 122 Å². The summed E-state index contributed by atoms with van der Waals surface area (Å²) in [7, 11) is 0. The lowest BCUT2D eigenvalue weighted by Crippen LogP contribution is -2.17. The van der Waals surface area contributed by atoms with Gasteiger partial charge in [0.2, 0.25) is 0 Å². The van der Waals surface area contributed by atoms with Crippen LogP contribution in [0.3, 0.4) is 0 Å². The Hall–Kier alpha value is -8.86. The van der Waals surface area contributed by atoms with Crippen molar-refractivity contribution in [2.75, 3.05) is 9.80 Å². The molecule has 0 N–H and O–H groups in total. The molecule has 0 radical (unpaired) electrons. The Morgan fingerprint density at radius 2 is 0.684 bits per heavy atom. The highest BCUT2D eigenvalue weighted by molar-refractivity contribution is 6.28. The Kier molecular flexibility index (Phi) is 10.1. The highest BCUT2D eigenvalue weighted by Crippen LogP contribution is 2.56. The molecule has 12 aromatic carbocycles. The normalized spacial score (nSPS) is 13.7. The second-order valence-corrected chi connectivity index (χ2v) is 22.0. The minimum Gasteiger partial charge on any atom is -0.307 e. The Balaban J connectivity index is 1.03. The third-order valence-corrected chi connectivity index (χ3v) is 17.0. The van der Waals surface area contributed by atoms with Gasteiger partial charge in [0, 0.05) is 33.0 Å². The molecule has 0 bridgehead atoms. The van der Waals surface area contributed by atoms with E-state index in [1.807, 2.05) is 12.1 Å². The van der Waals surface area contributed by atoms with Crippen molar-refractivity contribution < 1.29 is 8.78 Å². The summed E-state index contributed by atoms with van der Waals surface area (Å²) in [6.07, 6.45) is 0. The van der Waals surface area contributed by atoms with E-state index in [0.29, 0.717) is 11.4 Å². The lowest BCUT2D eigenvalue weighted by atomic mass is 9.82. The van der Waals surface area contributed by atoms with Gasteiger partial charge in [-0.3, -0.25) is 0 Å². The van der Waals surface area contributed by atoms with E-state index < -0.39 is 0 Å². The van der Waals surface area contributed by atoms with E-state index in [1.54, 1.807) is 12.1 Å². The highest BCUT2D eigenvalue weighted by atomic mass is 19.1. The number of fused-ring (bicyclic) bond motifs is 6. The van der Waals surface area contributed by atoms with Crippen LogP contribution in [0.2, 0.25) is 0 Å². The number of halogens is 2. The van der Waals surface area contributed by atoms with E-state index in [1.165, 1.54) is 11.1 Å². The number of anilines is 6. The van der Waals surface area contributed by atoms with Crippen LogP contribution in [0.25, 0.3) is 76.8 Å². The predicted molar refractivity (Wildman–Crippen MR) is 315 cm³/mol. The number of benzene rings is 12. The van der Waals surface area contributed by atoms with Gasteiger partial charge in [0.1, 0.15) is 11.6 Å². The molecule has 0 saturated carbocycles. The molecule has 76 heavy (non-hydrogen) atoms. The Morgan fingerprint density at radius 1 is 0.303 bits per heavy atom. The Labute approximate surface area is 443 Å². The second kappa shape index (κ2) is 16.8. The average molecular weight is 985 g/mol. The first kappa shape index (κ1) is 45.7. The van der Waals surface area contributed by atoms with E-state index in [-0.39, 0.29) is 22.5 Å². The van der Waals surface area contributed by atoms with Crippen LogP contribution in [-0.2, 0) is 10.8 Å². The zero-order chi connectivity index (χ0) is 51.8. The van der Waals surface area contributed by atoms with Crippen LogP contribution in [0.15, 0.2) is 218 Å². The van der Waals surface area contributed by atoms with Crippen LogP contribution in [0, 0.1) is 25.5 Å². The van der Waals surface area contributed by atoms with Gasteiger partial charge in [-0.25, -0.2) is 8.78 Å². The topological polar surface area (TPSA) is 6.48 Å². The van der Waals surface area contributed by atoms with Crippen LogP contribution in [-0.4, -0.2) is 0 Å². The molecule has 0 aliphatic heterocycles. The van der Waals surface area contributed by atoms with Crippen molar-refractivity contribution in [3.63, 3.8) is 0 Å². The summed E-state index contributed by atoms with van der Waals surface area (Å²) < 4.78 is 35.6. The summed E-state index contributed by atoms with van der Waals surface area (Å²) >= 11 is 0. The van der Waals surface area contributed by atoms with Crippen molar-refractivity contribution in [3.8, 4) is 44.5 Å². The lowest BCUT2D eigenvalue weighted by Gasteiger charge is -2.32. The fourth-order valence-electron chi connectivity index (χ4n) is 13.0. The van der Waals surface area contributed by atoms with Gasteiger partial charge in [-0.15, -0.1) is 0 Å². The summed E-state index contributed by atoms with van der Waals surface area (Å²) in [5.41, 5.74) is 18.7. The fourth-order valence-corrected chi connectivity index (χ4v) is 13.0. The average Bonchev–Trinajstić information content (AvgIpc) is 3.80. The van der Waals surface area contributed by atoms with E-state index in [9.17, 15) is 0 Å². The number of hydrogen-bond donors (Lipinski definition) is 0. The van der Waals surface area contributed by atoms with E-state index >= 15 is 8.78 Å². The van der Waals surface area contributed by atoms with Gasteiger partial charge in [-0.2, -0.15) is 0 Å². The smallest absolute Gasteiger partial charge is 0.147 e. The maximum Gasteiger partial charge on any atom is 0.147 e. The molecule has 0 atom stereocenters. The fraction of sp³-hybridized carbons (Fsp3) is 0.111. The molecule has 0 saturated heterocycles.